The number of hydrogen-bond acceptors (Lipinski definition) is 5. The van der Waals surface area contributed by atoms with E-state index in [4.69, 9.17) is 4.74 Å². The van der Waals surface area contributed by atoms with Crippen molar-refractivity contribution < 1.29 is 9.53 Å². The largest absolute Gasteiger partial charge is 0.496 e. The summed E-state index contributed by atoms with van der Waals surface area (Å²) in [6.45, 7) is 2.52. The fourth-order valence-corrected chi connectivity index (χ4v) is 3.70. The predicted octanol–water partition coefficient (Wildman–Crippen LogP) is 3.94. The molecule has 1 aliphatic heterocycles. The van der Waals surface area contributed by atoms with Crippen LogP contribution in [0.2, 0.25) is 0 Å². The molecule has 0 unspecified atom stereocenters. The molecular weight excluding hydrogens is 346 g/mol. The van der Waals surface area contributed by atoms with E-state index in [2.05, 4.69) is 10.2 Å². The van der Waals surface area contributed by atoms with Crippen molar-refractivity contribution in [3.63, 3.8) is 0 Å². The normalized spacial score (nSPS) is 18.8. The standard InChI is InChI=1S/C20H21N3O2S/c1-3-18-19(24)23(14-15-9-5-4-6-10-15)20(26-18)22-21-13-16-11-7-8-12-17(16)25-2/h4-13,18H,3,14H2,1-2H3/b21-13-,22-20+/t18-/m1/s1. The quantitative estimate of drug-likeness (QED) is 0.574. The number of thioether (sulfide) groups is 1. The van der Waals surface area contributed by atoms with Crippen molar-refractivity contribution in [2.24, 2.45) is 10.2 Å². The summed E-state index contributed by atoms with van der Waals surface area (Å²) in [7, 11) is 1.62. The lowest BCUT2D eigenvalue weighted by Gasteiger charge is -2.15. The number of rotatable bonds is 6. The lowest BCUT2D eigenvalue weighted by molar-refractivity contribution is -0.126. The van der Waals surface area contributed by atoms with Crippen LogP contribution in [-0.2, 0) is 11.3 Å². The highest BCUT2D eigenvalue weighted by molar-refractivity contribution is 8.15. The van der Waals surface area contributed by atoms with Gasteiger partial charge in [0.15, 0.2) is 5.17 Å². The first kappa shape index (κ1) is 18.2. The number of amidine groups is 1. The van der Waals surface area contributed by atoms with E-state index in [9.17, 15) is 4.79 Å². The summed E-state index contributed by atoms with van der Waals surface area (Å²) >= 11 is 1.47. The number of nitrogens with zero attached hydrogens (tertiary/aromatic N) is 3. The summed E-state index contributed by atoms with van der Waals surface area (Å²) in [5.41, 5.74) is 1.91. The number of ether oxygens (including phenoxy) is 1. The minimum atomic E-state index is -0.0982. The van der Waals surface area contributed by atoms with E-state index in [1.807, 2.05) is 61.5 Å². The Labute approximate surface area is 157 Å². The van der Waals surface area contributed by atoms with E-state index in [1.54, 1.807) is 18.2 Å². The molecule has 134 valence electrons. The van der Waals surface area contributed by atoms with Crippen LogP contribution in [0, 0.1) is 0 Å². The smallest absolute Gasteiger partial charge is 0.242 e. The van der Waals surface area contributed by atoms with Gasteiger partial charge >= 0.3 is 0 Å². The molecule has 26 heavy (non-hydrogen) atoms. The molecule has 1 saturated heterocycles. The van der Waals surface area contributed by atoms with Crippen LogP contribution in [-0.4, -0.2) is 34.5 Å². The summed E-state index contributed by atoms with van der Waals surface area (Å²) in [5.74, 6) is 0.826. The minimum absolute atomic E-state index is 0.0904. The van der Waals surface area contributed by atoms with Gasteiger partial charge in [0.05, 0.1) is 25.1 Å². The zero-order chi connectivity index (χ0) is 18.4. The Bertz CT molecular complexity index is 821. The average molecular weight is 367 g/mol. The van der Waals surface area contributed by atoms with Crippen LogP contribution in [0.1, 0.15) is 24.5 Å². The Morgan fingerprint density at radius 1 is 1.15 bits per heavy atom. The molecule has 1 heterocycles. The highest BCUT2D eigenvalue weighted by Gasteiger charge is 2.36. The highest BCUT2D eigenvalue weighted by Crippen LogP contribution is 2.30. The van der Waals surface area contributed by atoms with Crippen molar-refractivity contribution in [1.29, 1.82) is 0 Å². The van der Waals surface area contributed by atoms with Gasteiger partial charge in [-0.05, 0) is 24.1 Å². The van der Waals surface area contributed by atoms with Gasteiger partial charge in [-0.3, -0.25) is 9.69 Å². The third-order valence-corrected chi connectivity index (χ3v) is 5.39. The average Bonchev–Trinajstić information content (AvgIpc) is 2.98. The van der Waals surface area contributed by atoms with Crippen LogP contribution in [0.4, 0.5) is 0 Å². The molecule has 0 saturated carbocycles. The molecule has 2 aromatic rings. The molecule has 1 atom stereocenters. The number of hydrogen-bond donors (Lipinski definition) is 0. The summed E-state index contributed by atoms with van der Waals surface area (Å²) in [6.07, 6.45) is 2.42. The topological polar surface area (TPSA) is 54.3 Å². The first-order valence-electron chi connectivity index (χ1n) is 8.49. The van der Waals surface area contributed by atoms with E-state index < -0.39 is 0 Å². The predicted molar refractivity (Wildman–Crippen MR) is 107 cm³/mol. The van der Waals surface area contributed by atoms with Gasteiger partial charge in [-0.25, -0.2) is 0 Å². The van der Waals surface area contributed by atoms with Crippen molar-refractivity contribution in [1.82, 2.24) is 4.90 Å². The highest BCUT2D eigenvalue weighted by atomic mass is 32.2. The molecule has 1 aliphatic rings. The maximum absolute atomic E-state index is 12.6. The molecule has 6 heteroatoms. The molecule has 3 rings (SSSR count). The van der Waals surface area contributed by atoms with Gasteiger partial charge in [0.2, 0.25) is 5.91 Å². The van der Waals surface area contributed by atoms with Crippen molar-refractivity contribution in [2.75, 3.05) is 7.11 Å². The van der Waals surface area contributed by atoms with Crippen LogP contribution in [0.3, 0.4) is 0 Å². The number of para-hydroxylation sites is 1. The van der Waals surface area contributed by atoms with Crippen LogP contribution < -0.4 is 4.74 Å². The lowest BCUT2D eigenvalue weighted by atomic mass is 10.2. The number of benzene rings is 2. The van der Waals surface area contributed by atoms with Crippen LogP contribution in [0.25, 0.3) is 0 Å². The Morgan fingerprint density at radius 3 is 2.62 bits per heavy atom. The van der Waals surface area contributed by atoms with Gasteiger partial charge in [0.1, 0.15) is 5.75 Å². The molecule has 1 amide bonds. The van der Waals surface area contributed by atoms with Crippen LogP contribution in [0.15, 0.2) is 64.8 Å². The zero-order valence-corrected chi connectivity index (χ0v) is 15.6. The zero-order valence-electron chi connectivity index (χ0n) is 14.8. The molecule has 0 N–H and O–H groups in total. The van der Waals surface area contributed by atoms with E-state index in [0.717, 1.165) is 23.3 Å². The third kappa shape index (κ3) is 4.14. The number of carbonyl (C=O) groups excluding carboxylic acids is 1. The minimum Gasteiger partial charge on any atom is -0.496 e. The number of methoxy groups -OCH3 is 1. The first-order valence-corrected chi connectivity index (χ1v) is 9.37. The van der Waals surface area contributed by atoms with Gasteiger partial charge in [-0.2, -0.15) is 5.10 Å². The third-order valence-electron chi connectivity index (χ3n) is 4.05. The molecule has 0 aliphatic carbocycles. The fraction of sp³-hybridized carbons (Fsp3) is 0.250. The van der Waals surface area contributed by atoms with Gasteiger partial charge in [0.25, 0.3) is 0 Å². The Balaban J connectivity index is 1.82. The molecule has 0 aromatic heterocycles. The van der Waals surface area contributed by atoms with Crippen molar-refractivity contribution in [3.8, 4) is 5.75 Å². The van der Waals surface area contributed by atoms with Crippen LogP contribution in [0.5, 0.6) is 5.75 Å². The van der Waals surface area contributed by atoms with Gasteiger partial charge < -0.3 is 4.74 Å². The lowest BCUT2D eigenvalue weighted by Crippen LogP contribution is -2.31. The summed E-state index contributed by atoms with van der Waals surface area (Å²) < 4.78 is 5.31. The first-order chi connectivity index (χ1) is 12.7. The second kappa shape index (κ2) is 8.67. The Morgan fingerprint density at radius 2 is 1.88 bits per heavy atom. The Hall–Kier alpha value is -2.60. The molecule has 1 fully saturated rings. The van der Waals surface area contributed by atoms with Crippen LogP contribution >= 0.6 is 11.8 Å². The molecule has 2 aromatic carbocycles. The van der Waals surface area contributed by atoms with Crippen molar-refractivity contribution in [2.45, 2.75) is 25.1 Å². The van der Waals surface area contributed by atoms with Gasteiger partial charge in [-0.1, -0.05) is 61.2 Å². The van der Waals surface area contributed by atoms with E-state index in [-0.39, 0.29) is 11.2 Å². The van der Waals surface area contributed by atoms with E-state index in [1.165, 1.54) is 11.8 Å². The van der Waals surface area contributed by atoms with Crippen molar-refractivity contribution >= 4 is 29.1 Å². The summed E-state index contributed by atoms with van der Waals surface area (Å²) in [6, 6.07) is 17.5. The number of amides is 1. The molecular formula is C20H21N3O2S. The molecule has 5 nitrogen and oxygen atoms in total. The summed E-state index contributed by atoms with van der Waals surface area (Å²) in [4.78, 5) is 14.4. The van der Waals surface area contributed by atoms with E-state index >= 15 is 0 Å². The second-order valence-corrected chi connectivity index (χ2v) is 6.96. The van der Waals surface area contributed by atoms with Gasteiger partial charge in [0, 0.05) is 5.56 Å². The van der Waals surface area contributed by atoms with Gasteiger partial charge in [-0.15, -0.1) is 5.10 Å². The molecule has 0 bridgehead atoms. The fourth-order valence-electron chi connectivity index (χ4n) is 2.67. The number of carbonyl (C=O) groups is 1. The SMILES string of the molecule is CC[C@H]1S/C(=N/N=C\c2ccccc2OC)N(Cc2ccccc2)C1=O. The van der Waals surface area contributed by atoms with Crippen molar-refractivity contribution in [3.05, 3.63) is 65.7 Å². The van der Waals surface area contributed by atoms with E-state index in [0.29, 0.717) is 11.7 Å². The maximum Gasteiger partial charge on any atom is 0.242 e. The second-order valence-electron chi connectivity index (χ2n) is 5.79. The Kier molecular flexibility index (Phi) is 6.07. The molecule has 0 radical (unpaired) electrons. The monoisotopic (exact) mass is 367 g/mol. The molecule has 0 spiro atoms. The maximum atomic E-state index is 12.6. The summed E-state index contributed by atoms with van der Waals surface area (Å²) in [5, 5.41) is 9.05.